The third-order valence-corrected chi connectivity index (χ3v) is 2.10. The molecule has 0 aliphatic carbocycles. The molecule has 0 spiro atoms. The fourth-order valence-electron chi connectivity index (χ4n) is 1.41. The lowest BCUT2D eigenvalue weighted by Crippen LogP contribution is -1.96. The quantitative estimate of drug-likeness (QED) is 0.695. The van der Waals surface area contributed by atoms with Crippen molar-refractivity contribution in [2.24, 2.45) is 0 Å². The van der Waals surface area contributed by atoms with Gasteiger partial charge in [-0.3, -0.25) is 4.79 Å². The van der Waals surface area contributed by atoms with Crippen molar-refractivity contribution in [3.8, 4) is 11.4 Å². The molecule has 0 radical (unpaired) electrons. The molecule has 2 aromatic heterocycles. The van der Waals surface area contributed by atoms with Crippen LogP contribution in [0.1, 0.15) is 17.5 Å². The summed E-state index contributed by atoms with van der Waals surface area (Å²) in [5.74, 6) is 1.09. The average molecular weight is 190 g/mol. The predicted octanol–water partition coefficient (Wildman–Crippen LogP) is 1.98. The molecular weight excluding hydrogens is 180 g/mol. The summed E-state index contributed by atoms with van der Waals surface area (Å²) >= 11 is 0. The Morgan fingerprint density at radius 3 is 3.21 bits per heavy atom. The first-order valence-corrected chi connectivity index (χ1v) is 4.41. The van der Waals surface area contributed by atoms with Gasteiger partial charge in [0.2, 0.25) is 0 Å². The molecule has 72 valence electrons. The van der Waals surface area contributed by atoms with Gasteiger partial charge in [0.05, 0.1) is 11.8 Å². The Morgan fingerprint density at radius 1 is 1.64 bits per heavy atom. The highest BCUT2D eigenvalue weighted by Gasteiger charge is 2.11. The Hall–Kier alpha value is -1.84. The minimum atomic E-state index is 0.325. The molecule has 4 nitrogen and oxygen atoms in total. The molecule has 4 heteroatoms. The number of nitrogens with zero attached hydrogens (tertiary/aromatic N) is 2. The van der Waals surface area contributed by atoms with E-state index in [-0.39, 0.29) is 0 Å². The molecule has 2 aromatic rings. The van der Waals surface area contributed by atoms with Crippen LogP contribution in [-0.2, 0) is 6.54 Å². The molecule has 0 aliphatic heterocycles. The second-order valence-electron chi connectivity index (χ2n) is 2.85. The van der Waals surface area contributed by atoms with E-state index in [1.807, 2.05) is 17.7 Å². The molecule has 0 N–H and O–H groups in total. The van der Waals surface area contributed by atoms with E-state index in [4.69, 9.17) is 4.42 Å². The first-order chi connectivity index (χ1) is 6.86. The van der Waals surface area contributed by atoms with Crippen LogP contribution in [0.5, 0.6) is 0 Å². The van der Waals surface area contributed by atoms with Crippen LogP contribution < -0.4 is 0 Å². The third kappa shape index (κ3) is 1.25. The van der Waals surface area contributed by atoms with Gasteiger partial charge >= 0.3 is 0 Å². The molecule has 0 amide bonds. The van der Waals surface area contributed by atoms with Gasteiger partial charge in [0.15, 0.2) is 12.0 Å². The van der Waals surface area contributed by atoms with Crippen molar-refractivity contribution in [2.75, 3.05) is 0 Å². The summed E-state index contributed by atoms with van der Waals surface area (Å²) in [6, 6.07) is 1.75. The molecule has 0 fully saturated rings. The monoisotopic (exact) mass is 190 g/mol. The maximum Gasteiger partial charge on any atom is 0.186 e. The Morgan fingerprint density at radius 2 is 2.50 bits per heavy atom. The van der Waals surface area contributed by atoms with Crippen molar-refractivity contribution >= 4 is 6.29 Å². The smallest absolute Gasteiger partial charge is 0.186 e. The average Bonchev–Trinajstić information content (AvgIpc) is 2.85. The number of carbonyl (C=O) groups excluding carboxylic acids is 1. The van der Waals surface area contributed by atoms with Gasteiger partial charge in [0.1, 0.15) is 5.82 Å². The number of rotatable bonds is 3. The second-order valence-corrected chi connectivity index (χ2v) is 2.85. The summed E-state index contributed by atoms with van der Waals surface area (Å²) in [4.78, 5) is 14.8. The zero-order valence-corrected chi connectivity index (χ0v) is 7.80. The number of imidazole rings is 1. The van der Waals surface area contributed by atoms with Gasteiger partial charge in [-0.2, -0.15) is 0 Å². The summed E-state index contributed by atoms with van der Waals surface area (Å²) in [6.07, 6.45) is 5.77. The highest BCUT2D eigenvalue weighted by Crippen LogP contribution is 2.21. The van der Waals surface area contributed by atoms with E-state index in [0.29, 0.717) is 12.0 Å². The van der Waals surface area contributed by atoms with Gasteiger partial charge in [-0.15, -0.1) is 0 Å². The van der Waals surface area contributed by atoms with E-state index in [1.165, 1.54) is 6.26 Å². The van der Waals surface area contributed by atoms with Crippen LogP contribution in [0.4, 0.5) is 0 Å². The van der Waals surface area contributed by atoms with Crippen LogP contribution in [0.2, 0.25) is 0 Å². The van der Waals surface area contributed by atoms with E-state index < -0.39 is 0 Å². The fourth-order valence-corrected chi connectivity index (χ4v) is 1.41. The van der Waals surface area contributed by atoms with Crippen molar-refractivity contribution in [2.45, 2.75) is 13.5 Å². The maximum atomic E-state index is 10.7. The summed E-state index contributed by atoms with van der Waals surface area (Å²) in [5, 5.41) is 0. The molecule has 0 saturated heterocycles. The Bertz CT molecular complexity index is 442. The zero-order chi connectivity index (χ0) is 9.97. The molecule has 2 heterocycles. The van der Waals surface area contributed by atoms with Gasteiger partial charge in [-0.25, -0.2) is 4.98 Å². The molecule has 14 heavy (non-hydrogen) atoms. The van der Waals surface area contributed by atoms with Crippen LogP contribution in [0.15, 0.2) is 29.1 Å². The fraction of sp³-hybridized carbons (Fsp3) is 0.200. The molecule has 0 atom stereocenters. The van der Waals surface area contributed by atoms with Gasteiger partial charge in [-0.1, -0.05) is 0 Å². The van der Waals surface area contributed by atoms with Crippen LogP contribution >= 0.6 is 0 Å². The van der Waals surface area contributed by atoms with Gasteiger partial charge < -0.3 is 8.98 Å². The highest BCUT2D eigenvalue weighted by atomic mass is 16.3. The SMILES string of the molecule is CCn1ccnc1-c1ccoc1C=O. The van der Waals surface area contributed by atoms with Crippen molar-refractivity contribution < 1.29 is 9.21 Å². The lowest BCUT2D eigenvalue weighted by Gasteiger charge is -2.01. The highest BCUT2D eigenvalue weighted by molar-refractivity contribution is 5.82. The lowest BCUT2D eigenvalue weighted by molar-refractivity contribution is 0.110. The number of aromatic nitrogens is 2. The van der Waals surface area contributed by atoms with Crippen molar-refractivity contribution in [1.82, 2.24) is 9.55 Å². The summed E-state index contributed by atoms with van der Waals surface area (Å²) in [6.45, 7) is 2.84. The van der Waals surface area contributed by atoms with E-state index >= 15 is 0 Å². The third-order valence-electron chi connectivity index (χ3n) is 2.10. The molecule has 0 bridgehead atoms. The number of hydrogen-bond donors (Lipinski definition) is 0. The molecule has 0 aliphatic rings. The number of aldehydes is 1. The maximum absolute atomic E-state index is 10.7. The normalized spacial score (nSPS) is 10.4. The first kappa shape index (κ1) is 8.74. The van der Waals surface area contributed by atoms with Gasteiger partial charge in [0, 0.05) is 18.9 Å². The number of carbonyl (C=O) groups is 1. The second kappa shape index (κ2) is 3.49. The predicted molar refractivity (Wildman–Crippen MR) is 51.0 cm³/mol. The minimum Gasteiger partial charge on any atom is -0.461 e. The van der Waals surface area contributed by atoms with Crippen LogP contribution in [0.25, 0.3) is 11.4 Å². The van der Waals surface area contributed by atoms with E-state index in [0.717, 1.165) is 17.9 Å². The van der Waals surface area contributed by atoms with Gasteiger partial charge in [-0.05, 0) is 13.0 Å². The van der Waals surface area contributed by atoms with E-state index in [2.05, 4.69) is 4.98 Å². The minimum absolute atomic E-state index is 0.325. The van der Waals surface area contributed by atoms with Crippen molar-refractivity contribution in [3.05, 3.63) is 30.5 Å². The molecular formula is C10H10N2O2. The summed E-state index contributed by atoms with van der Waals surface area (Å²) in [5.41, 5.74) is 0.742. The number of furan rings is 1. The molecule has 0 unspecified atom stereocenters. The number of hydrogen-bond acceptors (Lipinski definition) is 3. The molecule has 2 rings (SSSR count). The van der Waals surface area contributed by atoms with Crippen LogP contribution in [-0.4, -0.2) is 15.8 Å². The largest absolute Gasteiger partial charge is 0.461 e. The number of aryl methyl sites for hydroxylation is 1. The van der Waals surface area contributed by atoms with E-state index in [9.17, 15) is 4.79 Å². The lowest BCUT2D eigenvalue weighted by atomic mass is 10.2. The van der Waals surface area contributed by atoms with Crippen LogP contribution in [0, 0.1) is 0 Å². The van der Waals surface area contributed by atoms with E-state index in [1.54, 1.807) is 12.3 Å². The summed E-state index contributed by atoms with van der Waals surface area (Å²) in [7, 11) is 0. The van der Waals surface area contributed by atoms with Crippen molar-refractivity contribution in [1.29, 1.82) is 0 Å². The Balaban J connectivity index is 2.53. The van der Waals surface area contributed by atoms with Crippen LogP contribution in [0.3, 0.4) is 0 Å². The topological polar surface area (TPSA) is 48.0 Å². The first-order valence-electron chi connectivity index (χ1n) is 4.41. The summed E-state index contributed by atoms with van der Waals surface area (Å²) < 4.78 is 6.97. The zero-order valence-electron chi connectivity index (χ0n) is 7.80. The standard InChI is InChI=1S/C10H10N2O2/c1-2-12-5-4-11-10(12)8-3-6-14-9(8)7-13/h3-7H,2H2,1H3. The molecule has 0 aromatic carbocycles. The Kier molecular flexibility index (Phi) is 2.18. The van der Waals surface area contributed by atoms with Gasteiger partial charge in [0.25, 0.3) is 0 Å². The Labute approximate surface area is 81.2 Å². The molecule has 0 saturated carbocycles. The van der Waals surface area contributed by atoms with Crippen molar-refractivity contribution in [3.63, 3.8) is 0 Å².